The van der Waals surface area contributed by atoms with Crippen molar-refractivity contribution < 1.29 is 13.2 Å². The number of hydrogen-bond donors (Lipinski definition) is 0. The average Bonchev–Trinajstić information content (AvgIpc) is 2.66. The number of halogens is 1. The van der Waals surface area contributed by atoms with Crippen LogP contribution in [0.15, 0.2) is 48.5 Å². The Kier molecular flexibility index (Phi) is 6.30. The van der Waals surface area contributed by atoms with Gasteiger partial charge in [-0.2, -0.15) is 0 Å². The lowest BCUT2D eigenvalue weighted by Crippen LogP contribution is -2.39. The maximum atomic E-state index is 12.7. The molecule has 1 unspecified atom stereocenters. The number of sulfonamides is 1. The molecule has 0 aliphatic carbocycles. The fourth-order valence-electron chi connectivity index (χ4n) is 3.51. The van der Waals surface area contributed by atoms with Gasteiger partial charge >= 0.3 is 0 Å². The summed E-state index contributed by atoms with van der Waals surface area (Å²) < 4.78 is 26.0. The summed E-state index contributed by atoms with van der Waals surface area (Å²) in [7, 11) is -3.51. The van der Waals surface area contributed by atoms with Gasteiger partial charge in [0.1, 0.15) is 0 Å². The first-order valence-electron chi connectivity index (χ1n) is 9.36. The summed E-state index contributed by atoms with van der Waals surface area (Å²) in [6, 6.07) is 13.9. The molecule has 1 saturated heterocycles. The Hall–Kier alpha value is -2.05. The van der Waals surface area contributed by atoms with Crippen molar-refractivity contribution in [3.8, 4) is 0 Å². The number of piperidine rings is 1. The molecule has 0 saturated carbocycles. The van der Waals surface area contributed by atoms with Crippen LogP contribution in [0.3, 0.4) is 0 Å². The van der Waals surface area contributed by atoms with Gasteiger partial charge in [-0.15, -0.1) is 0 Å². The van der Waals surface area contributed by atoms with Crippen LogP contribution in [0.4, 0.5) is 5.69 Å². The fraction of sp³-hybridized carbons (Fsp3) is 0.381. The van der Waals surface area contributed by atoms with Crippen LogP contribution in [0.1, 0.15) is 35.7 Å². The first-order chi connectivity index (χ1) is 13.3. The highest BCUT2D eigenvalue weighted by Gasteiger charge is 2.23. The molecule has 5 nitrogen and oxygen atoms in total. The summed E-state index contributed by atoms with van der Waals surface area (Å²) in [6.45, 7) is 3.83. The Labute approximate surface area is 172 Å². The van der Waals surface area contributed by atoms with Crippen molar-refractivity contribution in [1.82, 2.24) is 4.90 Å². The van der Waals surface area contributed by atoms with Crippen LogP contribution in [0.5, 0.6) is 0 Å². The number of nitrogens with zero attached hydrogens (tertiary/aromatic N) is 2. The van der Waals surface area contributed by atoms with E-state index in [9.17, 15) is 13.2 Å². The van der Waals surface area contributed by atoms with Crippen molar-refractivity contribution >= 4 is 33.2 Å². The molecular weight excluding hydrogens is 396 g/mol. The smallest absolute Gasteiger partial charge is 0.253 e. The summed E-state index contributed by atoms with van der Waals surface area (Å²) in [4.78, 5) is 14.6. The predicted molar refractivity (Wildman–Crippen MR) is 113 cm³/mol. The van der Waals surface area contributed by atoms with Gasteiger partial charge in [-0.3, -0.25) is 9.10 Å². The van der Waals surface area contributed by atoms with E-state index in [0.717, 1.165) is 37.8 Å². The van der Waals surface area contributed by atoms with Crippen molar-refractivity contribution in [2.24, 2.45) is 5.92 Å². The van der Waals surface area contributed by atoms with Gasteiger partial charge in [-0.05, 0) is 54.7 Å². The second kappa shape index (κ2) is 8.53. The topological polar surface area (TPSA) is 57.7 Å². The molecule has 0 spiro atoms. The summed E-state index contributed by atoms with van der Waals surface area (Å²) in [5.74, 6) is 0.503. The van der Waals surface area contributed by atoms with Gasteiger partial charge in [0, 0.05) is 23.7 Å². The quantitative estimate of drug-likeness (QED) is 0.729. The minimum absolute atomic E-state index is 0.00453. The minimum Gasteiger partial charge on any atom is -0.338 e. The number of likely N-dealkylation sites (tertiary alicyclic amines) is 1. The molecule has 1 amide bonds. The minimum atomic E-state index is -3.51. The standard InChI is InChI=1S/C21H25ClN2O3S/c1-16-6-5-13-23(14-16)21(25)17-9-11-19(12-10-17)24(28(2,26)27)15-18-7-3-4-8-20(18)22/h3-4,7-12,16H,5-6,13-15H2,1-2H3. The van der Waals surface area contributed by atoms with Crippen molar-refractivity contribution in [2.75, 3.05) is 23.7 Å². The number of carbonyl (C=O) groups is 1. The van der Waals surface area contributed by atoms with E-state index < -0.39 is 10.0 Å². The zero-order valence-corrected chi connectivity index (χ0v) is 17.7. The van der Waals surface area contributed by atoms with Gasteiger partial charge in [0.05, 0.1) is 18.5 Å². The number of rotatable bonds is 5. The fourth-order valence-corrected chi connectivity index (χ4v) is 4.58. The number of anilines is 1. The van der Waals surface area contributed by atoms with E-state index in [4.69, 9.17) is 11.6 Å². The molecule has 0 radical (unpaired) electrons. The van der Waals surface area contributed by atoms with Gasteiger partial charge in [0.25, 0.3) is 5.91 Å². The van der Waals surface area contributed by atoms with Crippen LogP contribution in [-0.2, 0) is 16.6 Å². The Morgan fingerprint density at radius 1 is 1.18 bits per heavy atom. The van der Waals surface area contributed by atoms with Gasteiger partial charge in [0.15, 0.2) is 0 Å². The number of carbonyl (C=O) groups excluding carboxylic acids is 1. The normalized spacial score (nSPS) is 17.4. The molecular formula is C21H25ClN2O3S. The Bertz CT molecular complexity index is 944. The molecule has 1 aliphatic heterocycles. The monoisotopic (exact) mass is 420 g/mol. The zero-order chi connectivity index (χ0) is 20.3. The largest absolute Gasteiger partial charge is 0.338 e. The molecule has 0 N–H and O–H groups in total. The number of amides is 1. The highest BCUT2D eigenvalue weighted by Crippen LogP contribution is 2.25. The molecule has 1 atom stereocenters. The van der Waals surface area contributed by atoms with E-state index in [1.807, 2.05) is 11.0 Å². The number of hydrogen-bond acceptors (Lipinski definition) is 3. The van der Waals surface area contributed by atoms with E-state index in [0.29, 0.717) is 22.2 Å². The molecule has 3 rings (SSSR count). The van der Waals surface area contributed by atoms with E-state index in [-0.39, 0.29) is 12.5 Å². The maximum Gasteiger partial charge on any atom is 0.253 e. The van der Waals surface area contributed by atoms with Gasteiger partial charge in [-0.1, -0.05) is 36.7 Å². The Morgan fingerprint density at radius 3 is 2.46 bits per heavy atom. The molecule has 2 aromatic carbocycles. The highest BCUT2D eigenvalue weighted by atomic mass is 35.5. The van der Waals surface area contributed by atoms with E-state index >= 15 is 0 Å². The lowest BCUT2D eigenvalue weighted by molar-refractivity contribution is 0.0683. The molecule has 1 heterocycles. The van der Waals surface area contributed by atoms with Crippen molar-refractivity contribution in [3.05, 3.63) is 64.7 Å². The Morgan fingerprint density at radius 2 is 1.86 bits per heavy atom. The van der Waals surface area contributed by atoms with Gasteiger partial charge in [0.2, 0.25) is 10.0 Å². The van der Waals surface area contributed by atoms with E-state index in [2.05, 4.69) is 6.92 Å². The highest BCUT2D eigenvalue weighted by molar-refractivity contribution is 7.92. The van der Waals surface area contributed by atoms with Crippen molar-refractivity contribution in [2.45, 2.75) is 26.3 Å². The van der Waals surface area contributed by atoms with Crippen LogP contribution in [0, 0.1) is 5.92 Å². The van der Waals surface area contributed by atoms with Gasteiger partial charge < -0.3 is 4.90 Å². The molecule has 1 aliphatic rings. The van der Waals surface area contributed by atoms with Gasteiger partial charge in [-0.25, -0.2) is 8.42 Å². The molecule has 0 aromatic heterocycles. The van der Waals surface area contributed by atoms with E-state index in [1.165, 1.54) is 4.31 Å². The molecule has 1 fully saturated rings. The van der Waals surface area contributed by atoms with Crippen molar-refractivity contribution in [3.63, 3.8) is 0 Å². The first-order valence-corrected chi connectivity index (χ1v) is 11.6. The SMILES string of the molecule is CC1CCCN(C(=O)c2ccc(N(Cc3ccccc3Cl)S(C)(=O)=O)cc2)C1. The van der Waals surface area contributed by atoms with Crippen LogP contribution < -0.4 is 4.31 Å². The van der Waals surface area contributed by atoms with E-state index in [1.54, 1.807) is 42.5 Å². The third-order valence-electron chi connectivity index (χ3n) is 5.02. The molecule has 28 heavy (non-hydrogen) atoms. The van der Waals surface area contributed by atoms with Crippen molar-refractivity contribution in [1.29, 1.82) is 0 Å². The predicted octanol–water partition coefficient (Wildman–Crippen LogP) is 4.18. The van der Waals surface area contributed by atoms with Crippen LogP contribution >= 0.6 is 11.6 Å². The lowest BCUT2D eigenvalue weighted by atomic mass is 9.99. The summed E-state index contributed by atoms with van der Waals surface area (Å²) >= 11 is 6.20. The molecule has 150 valence electrons. The maximum absolute atomic E-state index is 12.7. The third kappa shape index (κ3) is 4.86. The zero-order valence-electron chi connectivity index (χ0n) is 16.1. The molecule has 2 aromatic rings. The van der Waals surface area contributed by atoms with Crippen LogP contribution in [0.25, 0.3) is 0 Å². The third-order valence-corrected chi connectivity index (χ3v) is 6.53. The second-order valence-corrected chi connectivity index (χ2v) is 9.72. The Balaban J connectivity index is 1.82. The first kappa shape index (κ1) is 20.7. The molecule has 7 heteroatoms. The average molecular weight is 421 g/mol. The second-order valence-electron chi connectivity index (χ2n) is 7.41. The van der Waals surface area contributed by atoms with Crippen LogP contribution in [0.2, 0.25) is 5.02 Å². The summed E-state index contributed by atoms with van der Waals surface area (Å²) in [6.07, 6.45) is 3.33. The summed E-state index contributed by atoms with van der Waals surface area (Å²) in [5.41, 5.74) is 1.80. The lowest BCUT2D eigenvalue weighted by Gasteiger charge is -2.31. The number of benzene rings is 2. The van der Waals surface area contributed by atoms with Crippen LogP contribution in [-0.4, -0.2) is 38.6 Å². The molecule has 0 bridgehead atoms. The summed E-state index contributed by atoms with van der Waals surface area (Å²) in [5, 5.41) is 0.516.